The second-order valence-corrected chi connectivity index (χ2v) is 6.50. The van der Waals surface area contributed by atoms with Crippen molar-refractivity contribution < 1.29 is 27.4 Å². The molecular weight excluding hydrogens is 373 g/mol. The number of ether oxygens (including phenoxy) is 2. The van der Waals surface area contributed by atoms with Gasteiger partial charge >= 0.3 is 12.2 Å². The Labute approximate surface area is 160 Å². The molecule has 150 valence electrons. The minimum absolute atomic E-state index is 0.248. The highest BCUT2D eigenvalue weighted by molar-refractivity contribution is 5.74. The smallest absolute Gasteiger partial charge is 0.416 e. The van der Waals surface area contributed by atoms with Gasteiger partial charge in [0.05, 0.1) is 24.8 Å². The number of alkyl halides is 3. The Kier molecular flexibility index (Phi) is 5.96. The average Bonchev–Trinajstić information content (AvgIpc) is 2.90. The lowest BCUT2D eigenvalue weighted by Crippen LogP contribution is -2.36. The third kappa shape index (κ3) is 5.09. The summed E-state index contributed by atoms with van der Waals surface area (Å²) in [5.74, 6) is 1.30. The lowest BCUT2D eigenvalue weighted by molar-refractivity contribution is -0.137. The SMILES string of the molecule is CC(NC(=O)NCc1ccc2c(c1)OCCCO2)c1cccc(C(F)(F)F)c1. The minimum atomic E-state index is -4.42. The summed E-state index contributed by atoms with van der Waals surface area (Å²) in [6.45, 7) is 3.04. The van der Waals surface area contributed by atoms with Gasteiger partial charge in [-0.2, -0.15) is 13.2 Å². The van der Waals surface area contributed by atoms with E-state index in [1.165, 1.54) is 6.07 Å². The van der Waals surface area contributed by atoms with Crippen LogP contribution in [0.1, 0.15) is 36.1 Å². The Balaban J connectivity index is 1.56. The van der Waals surface area contributed by atoms with Crippen molar-refractivity contribution in [2.24, 2.45) is 0 Å². The van der Waals surface area contributed by atoms with E-state index in [2.05, 4.69) is 10.6 Å². The summed E-state index contributed by atoms with van der Waals surface area (Å²) >= 11 is 0. The van der Waals surface area contributed by atoms with E-state index in [0.29, 0.717) is 30.3 Å². The molecule has 3 rings (SSSR count). The maximum atomic E-state index is 12.8. The second kappa shape index (κ2) is 8.41. The maximum absolute atomic E-state index is 12.8. The molecule has 2 aromatic rings. The molecule has 8 heteroatoms. The van der Waals surface area contributed by atoms with Gasteiger partial charge in [-0.05, 0) is 42.3 Å². The lowest BCUT2D eigenvalue weighted by Gasteiger charge is -2.17. The summed E-state index contributed by atoms with van der Waals surface area (Å²) in [6.07, 6.45) is -3.62. The highest BCUT2D eigenvalue weighted by atomic mass is 19.4. The maximum Gasteiger partial charge on any atom is 0.416 e. The zero-order valence-corrected chi connectivity index (χ0v) is 15.3. The molecule has 2 aromatic carbocycles. The molecule has 2 amide bonds. The Morgan fingerprint density at radius 2 is 1.86 bits per heavy atom. The van der Waals surface area contributed by atoms with Crippen molar-refractivity contribution in [3.05, 3.63) is 59.2 Å². The predicted molar refractivity (Wildman–Crippen MR) is 97.3 cm³/mol. The van der Waals surface area contributed by atoms with Crippen LogP contribution in [-0.2, 0) is 12.7 Å². The Morgan fingerprint density at radius 1 is 1.11 bits per heavy atom. The third-order valence-electron chi connectivity index (χ3n) is 4.33. The van der Waals surface area contributed by atoms with Gasteiger partial charge < -0.3 is 20.1 Å². The first-order chi connectivity index (χ1) is 13.3. The fourth-order valence-corrected chi connectivity index (χ4v) is 2.82. The molecule has 1 unspecified atom stereocenters. The number of carbonyl (C=O) groups is 1. The first-order valence-electron chi connectivity index (χ1n) is 8.93. The second-order valence-electron chi connectivity index (χ2n) is 6.50. The van der Waals surface area contributed by atoms with E-state index < -0.39 is 23.8 Å². The monoisotopic (exact) mass is 394 g/mol. The number of nitrogens with one attached hydrogen (secondary N) is 2. The van der Waals surface area contributed by atoms with Crippen molar-refractivity contribution in [2.75, 3.05) is 13.2 Å². The van der Waals surface area contributed by atoms with Gasteiger partial charge in [0.1, 0.15) is 0 Å². The van der Waals surface area contributed by atoms with Crippen LogP contribution < -0.4 is 20.1 Å². The van der Waals surface area contributed by atoms with Crippen molar-refractivity contribution in [1.29, 1.82) is 0 Å². The zero-order chi connectivity index (χ0) is 20.1. The van der Waals surface area contributed by atoms with Gasteiger partial charge in [0, 0.05) is 13.0 Å². The molecule has 0 saturated carbocycles. The summed E-state index contributed by atoms with van der Waals surface area (Å²) in [5.41, 5.74) is 0.456. The Hall–Kier alpha value is -2.90. The van der Waals surface area contributed by atoms with E-state index in [0.717, 1.165) is 24.1 Å². The number of benzene rings is 2. The van der Waals surface area contributed by atoms with Crippen LogP contribution in [0.25, 0.3) is 0 Å². The van der Waals surface area contributed by atoms with Gasteiger partial charge in [-0.25, -0.2) is 4.79 Å². The zero-order valence-electron chi connectivity index (χ0n) is 15.3. The van der Waals surface area contributed by atoms with Gasteiger partial charge in [-0.15, -0.1) is 0 Å². The normalized spacial score (nSPS) is 14.7. The van der Waals surface area contributed by atoms with Gasteiger partial charge in [0.15, 0.2) is 11.5 Å². The highest BCUT2D eigenvalue weighted by Crippen LogP contribution is 2.31. The molecule has 1 aliphatic heterocycles. The molecule has 1 atom stereocenters. The molecule has 0 aromatic heterocycles. The van der Waals surface area contributed by atoms with E-state index >= 15 is 0 Å². The van der Waals surface area contributed by atoms with E-state index in [9.17, 15) is 18.0 Å². The Bertz CT molecular complexity index is 840. The molecule has 28 heavy (non-hydrogen) atoms. The number of urea groups is 1. The first kappa shape index (κ1) is 19.9. The molecule has 1 heterocycles. The van der Waals surface area contributed by atoms with E-state index in [1.807, 2.05) is 6.07 Å². The van der Waals surface area contributed by atoms with Gasteiger partial charge in [-0.3, -0.25) is 0 Å². The van der Waals surface area contributed by atoms with Crippen molar-refractivity contribution in [3.63, 3.8) is 0 Å². The number of carbonyl (C=O) groups excluding carboxylic acids is 1. The summed E-state index contributed by atoms with van der Waals surface area (Å²) in [7, 11) is 0. The van der Waals surface area contributed by atoms with Crippen LogP contribution in [0.15, 0.2) is 42.5 Å². The lowest BCUT2D eigenvalue weighted by atomic mass is 10.1. The fraction of sp³-hybridized carbons (Fsp3) is 0.350. The van der Waals surface area contributed by atoms with Crippen LogP contribution in [-0.4, -0.2) is 19.2 Å². The molecular formula is C20H21F3N2O3. The van der Waals surface area contributed by atoms with Crippen LogP contribution in [0.2, 0.25) is 0 Å². The number of hydrogen-bond donors (Lipinski definition) is 2. The summed E-state index contributed by atoms with van der Waals surface area (Å²) in [4.78, 5) is 12.1. The third-order valence-corrected chi connectivity index (χ3v) is 4.33. The van der Waals surface area contributed by atoms with Crippen molar-refractivity contribution in [2.45, 2.75) is 32.1 Å². The number of halogens is 3. The molecule has 0 aliphatic carbocycles. The summed E-state index contributed by atoms with van der Waals surface area (Å²) in [6, 6.07) is 9.27. The number of hydrogen-bond acceptors (Lipinski definition) is 3. The van der Waals surface area contributed by atoms with Crippen LogP contribution in [0.4, 0.5) is 18.0 Å². The number of amides is 2. The van der Waals surface area contributed by atoms with Gasteiger partial charge in [-0.1, -0.05) is 18.2 Å². The minimum Gasteiger partial charge on any atom is -0.490 e. The van der Waals surface area contributed by atoms with Crippen LogP contribution in [0.3, 0.4) is 0 Å². The molecule has 0 fully saturated rings. The van der Waals surface area contributed by atoms with Crippen molar-refractivity contribution >= 4 is 6.03 Å². The van der Waals surface area contributed by atoms with E-state index in [4.69, 9.17) is 9.47 Å². The first-order valence-corrected chi connectivity index (χ1v) is 8.93. The van der Waals surface area contributed by atoms with Crippen LogP contribution in [0.5, 0.6) is 11.5 Å². The summed E-state index contributed by atoms with van der Waals surface area (Å²) < 4.78 is 49.7. The van der Waals surface area contributed by atoms with Crippen molar-refractivity contribution in [3.8, 4) is 11.5 Å². The molecule has 0 radical (unpaired) electrons. The Morgan fingerprint density at radius 3 is 2.61 bits per heavy atom. The van der Waals surface area contributed by atoms with Crippen LogP contribution >= 0.6 is 0 Å². The average molecular weight is 394 g/mol. The molecule has 1 aliphatic rings. The molecule has 0 spiro atoms. The molecule has 2 N–H and O–H groups in total. The molecule has 0 saturated heterocycles. The number of rotatable bonds is 4. The van der Waals surface area contributed by atoms with E-state index in [-0.39, 0.29) is 6.54 Å². The van der Waals surface area contributed by atoms with Gasteiger partial charge in [0.25, 0.3) is 0 Å². The topological polar surface area (TPSA) is 59.6 Å². The van der Waals surface area contributed by atoms with E-state index in [1.54, 1.807) is 25.1 Å². The quantitative estimate of drug-likeness (QED) is 0.807. The predicted octanol–water partition coefficient (Wildman–Crippen LogP) is 4.43. The largest absolute Gasteiger partial charge is 0.490 e. The highest BCUT2D eigenvalue weighted by Gasteiger charge is 2.30. The van der Waals surface area contributed by atoms with Gasteiger partial charge in [0.2, 0.25) is 0 Å². The summed E-state index contributed by atoms with van der Waals surface area (Å²) in [5, 5.41) is 5.34. The van der Waals surface area contributed by atoms with Crippen molar-refractivity contribution in [1.82, 2.24) is 10.6 Å². The standard InChI is InChI=1S/C20H21F3N2O3/c1-13(15-4-2-5-16(11-15)20(21,22)23)25-19(26)24-12-14-6-7-17-18(10-14)28-9-3-8-27-17/h2,4-7,10-11,13H,3,8-9,12H2,1H3,(H2,24,25,26). The van der Waals surface area contributed by atoms with Crippen LogP contribution in [0, 0.1) is 0 Å². The number of fused-ring (bicyclic) bond motifs is 1. The fourth-order valence-electron chi connectivity index (χ4n) is 2.82. The molecule has 5 nitrogen and oxygen atoms in total. The molecule has 0 bridgehead atoms.